The van der Waals surface area contributed by atoms with Crippen LogP contribution in [0.3, 0.4) is 0 Å². The van der Waals surface area contributed by atoms with Gasteiger partial charge in [0.2, 0.25) is 0 Å². The molecule has 0 N–H and O–H groups in total. The van der Waals surface area contributed by atoms with E-state index in [1.165, 1.54) is 23.3 Å². The molecule has 0 fully saturated rings. The van der Waals surface area contributed by atoms with Crippen LogP contribution >= 0.6 is 31.9 Å². The highest BCUT2D eigenvalue weighted by Gasteiger charge is 2.29. The van der Waals surface area contributed by atoms with Crippen LogP contribution in [0.15, 0.2) is 48.5 Å². The fourth-order valence-corrected chi connectivity index (χ4v) is 2.55. The topological polar surface area (TPSA) is 0 Å². The van der Waals surface area contributed by atoms with E-state index in [1.54, 1.807) is 0 Å². The number of aryl methyl sites for hydroxylation is 1. The second-order valence-electron chi connectivity index (χ2n) is 4.39. The normalized spacial score (nSPS) is 10.8. The van der Waals surface area contributed by atoms with Crippen molar-refractivity contribution < 1.29 is 13.2 Å². The quantitative estimate of drug-likeness (QED) is 0.484. The molecule has 0 heterocycles. The van der Waals surface area contributed by atoms with Crippen LogP contribution in [0, 0.1) is 6.92 Å². The summed E-state index contributed by atoms with van der Waals surface area (Å²) in [5, 5.41) is 1.53. The Morgan fingerprint density at radius 1 is 0.857 bits per heavy atom. The van der Waals surface area contributed by atoms with E-state index in [2.05, 4.69) is 63.0 Å². The van der Waals surface area contributed by atoms with Crippen molar-refractivity contribution in [2.24, 2.45) is 0 Å². The summed E-state index contributed by atoms with van der Waals surface area (Å²) < 4.78 is 36.0. The van der Waals surface area contributed by atoms with E-state index in [9.17, 15) is 13.2 Å². The minimum Gasteiger partial charge on any atom is -0.166 e. The van der Waals surface area contributed by atoms with Crippen molar-refractivity contribution in [3.05, 3.63) is 70.8 Å². The lowest BCUT2D eigenvalue weighted by atomic mass is 10.1. The molecule has 0 aliphatic heterocycles. The summed E-state index contributed by atoms with van der Waals surface area (Å²) >= 11 is 6.56. The Bertz CT molecular complexity index is 548. The third-order valence-electron chi connectivity index (χ3n) is 2.84. The second-order valence-corrected chi connectivity index (χ2v) is 5.51. The van der Waals surface area contributed by atoms with Gasteiger partial charge in [0.25, 0.3) is 0 Å². The molecule has 5 heteroatoms. The summed E-state index contributed by atoms with van der Waals surface area (Å²) in [6.45, 7) is 2.12. The molecule has 0 aliphatic carbocycles. The van der Waals surface area contributed by atoms with E-state index in [4.69, 9.17) is 0 Å². The van der Waals surface area contributed by atoms with Crippen molar-refractivity contribution in [1.29, 1.82) is 0 Å². The number of hydrogen-bond acceptors (Lipinski definition) is 0. The summed E-state index contributed by atoms with van der Waals surface area (Å²) in [7, 11) is 0. The molecule has 0 atom stereocenters. The first-order valence-electron chi connectivity index (χ1n) is 6.21. The second kappa shape index (κ2) is 8.59. The molecule has 2 rings (SSSR count). The van der Waals surface area contributed by atoms with E-state index in [0.29, 0.717) is 5.33 Å². The van der Waals surface area contributed by atoms with Gasteiger partial charge in [-0.2, -0.15) is 13.2 Å². The Hall–Kier alpha value is -0.810. The largest absolute Gasteiger partial charge is 0.416 e. The molecule has 0 radical (unpaired) electrons. The summed E-state index contributed by atoms with van der Waals surface area (Å²) in [5.74, 6) is 0. The molecule has 0 saturated heterocycles. The average molecular weight is 424 g/mol. The summed E-state index contributed by atoms with van der Waals surface area (Å²) in [6.07, 6.45) is -4.23. The Labute approximate surface area is 139 Å². The van der Waals surface area contributed by atoms with Gasteiger partial charge in [0.15, 0.2) is 0 Å². The van der Waals surface area contributed by atoms with Crippen molar-refractivity contribution in [3.63, 3.8) is 0 Å². The number of halogens is 5. The molecular weight excluding hydrogens is 409 g/mol. The predicted octanol–water partition coefficient (Wildman–Crippen LogP) is 6.49. The van der Waals surface area contributed by atoms with Crippen LogP contribution in [0.5, 0.6) is 0 Å². The zero-order valence-corrected chi connectivity index (χ0v) is 14.6. The maximum absolute atomic E-state index is 12.0. The Morgan fingerprint density at radius 3 is 1.81 bits per heavy atom. The van der Waals surface area contributed by atoms with Crippen LogP contribution < -0.4 is 0 Å². The van der Waals surface area contributed by atoms with Crippen LogP contribution in [0.4, 0.5) is 13.2 Å². The molecule has 0 unspecified atom stereocenters. The van der Waals surface area contributed by atoms with E-state index < -0.39 is 11.7 Å². The summed E-state index contributed by atoms with van der Waals surface area (Å²) in [5.41, 5.74) is 2.96. The van der Waals surface area contributed by atoms with E-state index in [1.807, 2.05) is 0 Å². The molecule has 2 aromatic rings. The predicted molar refractivity (Wildman–Crippen MR) is 87.9 cm³/mol. The van der Waals surface area contributed by atoms with Gasteiger partial charge in [-0.15, -0.1) is 0 Å². The molecular formula is C16H15Br2F3. The molecule has 0 saturated carbocycles. The van der Waals surface area contributed by atoms with E-state index in [-0.39, 0.29) is 0 Å². The molecule has 0 amide bonds. The van der Waals surface area contributed by atoms with Gasteiger partial charge < -0.3 is 0 Å². The first-order valence-corrected chi connectivity index (χ1v) is 8.45. The van der Waals surface area contributed by atoms with E-state index in [0.717, 1.165) is 23.0 Å². The van der Waals surface area contributed by atoms with Gasteiger partial charge in [-0.05, 0) is 35.7 Å². The lowest BCUT2D eigenvalue weighted by molar-refractivity contribution is -0.137. The number of benzene rings is 2. The Kier molecular flexibility index (Phi) is 7.46. The third kappa shape index (κ3) is 6.22. The van der Waals surface area contributed by atoms with E-state index >= 15 is 0 Å². The van der Waals surface area contributed by atoms with Crippen molar-refractivity contribution >= 4 is 31.9 Å². The molecule has 0 aromatic heterocycles. The fraction of sp³-hybridized carbons (Fsp3) is 0.250. The minimum absolute atomic E-state index is 0.575. The highest BCUT2D eigenvalue weighted by atomic mass is 79.9. The van der Waals surface area contributed by atoms with Crippen molar-refractivity contribution in [2.45, 2.75) is 23.8 Å². The smallest absolute Gasteiger partial charge is 0.166 e. The lowest BCUT2D eigenvalue weighted by Gasteiger charge is -2.05. The SMILES string of the molecule is Cc1ccccc1CBr.FC(F)(F)c1ccc(CBr)cc1. The Balaban J connectivity index is 0.000000219. The summed E-state index contributed by atoms with van der Waals surface area (Å²) in [6, 6.07) is 13.4. The van der Waals surface area contributed by atoms with Crippen molar-refractivity contribution in [1.82, 2.24) is 0 Å². The maximum Gasteiger partial charge on any atom is 0.416 e. The van der Waals surface area contributed by atoms with Crippen LogP contribution in [-0.2, 0) is 16.8 Å². The minimum atomic E-state index is -4.23. The number of hydrogen-bond donors (Lipinski definition) is 0. The zero-order chi connectivity index (χ0) is 15.9. The molecule has 0 nitrogen and oxygen atoms in total. The molecule has 0 spiro atoms. The van der Waals surface area contributed by atoms with Gasteiger partial charge in [-0.1, -0.05) is 68.3 Å². The highest BCUT2D eigenvalue weighted by molar-refractivity contribution is 9.08. The monoisotopic (exact) mass is 422 g/mol. The van der Waals surface area contributed by atoms with Crippen LogP contribution in [0.25, 0.3) is 0 Å². The molecule has 0 aliphatic rings. The van der Waals surface area contributed by atoms with Gasteiger partial charge in [0, 0.05) is 10.7 Å². The highest BCUT2D eigenvalue weighted by Crippen LogP contribution is 2.29. The number of alkyl halides is 5. The van der Waals surface area contributed by atoms with Crippen LogP contribution in [0.2, 0.25) is 0 Å². The number of rotatable bonds is 2. The van der Waals surface area contributed by atoms with Crippen molar-refractivity contribution in [3.8, 4) is 0 Å². The maximum atomic E-state index is 12.0. The van der Waals surface area contributed by atoms with Crippen LogP contribution in [-0.4, -0.2) is 0 Å². The first-order chi connectivity index (χ1) is 9.88. The Morgan fingerprint density at radius 2 is 1.43 bits per heavy atom. The van der Waals surface area contributed by atoms with Gasteiger partial charge in [-0.25, -0.2) is 0 Å². The standard InChI is InChI=1S/C8H6BrF3.C8H9Br/c9-5-6-1-3-7(4-2-6)8(10,11)12;1-7-4-2-3-5-8(7)6-9/h1-4H,5H2;2-5H,6H2,1H3. The van der Waals surface area contributed by atoms with Crippen LogP contribution in [0.1, 0.15) is 22.3 Å². The first kappa shape index (κ1) is 18.2. The molecule has 2 aromatic carbocycles. The lowest BCUT2D eigenvalue weighted by Crippen LogP contribution is -2.04. The zero-order valence-electron chi connectivity index (χ0n) is 11.4. The summed E-state index contributed by atoms with van der Waals surface area (Å²) in [4.78, 5) is 0. The molecule has 114 valence electrons. The third-order valence-corrected chi connectivity index (χ3v) is 4.09. The molecule has 21 heavy (non-hydrogen) atoms. The fourth-order valence-electron chi connectivity index (χ4n) is 1.54. The van der Waals surface area contributed by atoms with Gasteiger partial charge in [0.1, 0.15) is 0 Å². The molecule has 0 bridgehead atoms. The van der Waals surface area contributed by atoms with Gasteiger partial charge in [0.05, 0.1) is 5.56 Å². The van der Waals surface area contributed by atoms with Crippen molar-refractivity contribution in [2.75, 3.05) is 0 Å². The van der Waals surface area contributed by atoms with Gasteiger partial charge >= 0.3 is 6.18 Å². The average Bonchev–Trinajstić information content (AvgIpc) is 2.47. The van der Waals surface area contributed by atoms with Gasteiger partial charge in [-0.3, -0.25) is 0 Å².